The second-order valence-corrected chi connectivity index (χ2v) is 13.6. The second kappa shape index (κ2) is 11.8. The highest BCUT2D eigenvalue weighted by atomic mass is 15.0. The smallest absolute Gasteiger partial charge is 0.0541 e. The zero-order valence-corrected chi connectivity index (χ0v) is 27.9. The molecule has 2 heterocycles. The normalized spacial score (nSPS) is 14.6. The van der Waals surface area contributed by atoms with Gasteiger partial charge in [-0.15, -0.1) is 0 Å². The van der Waals surface area contributed by atoms with Crippen LogP contribution < -0.4 is 0 Å². The first-order chi connectivity index (χ1) is 24.8. The van der Waals surface area contributed by atoms with Crippen molar-refractivity contribution in [2.75, 3.05) is 0 Å². The minimum Gasteiger partial charge on any atom is -0.313 e. The zero-order chi connectivity index (χ0) is 33.0. The molecule has 2 aromatic heterocycles. The molecule has 0 saturated carbocycles. The molecule has 6 aromatic carbocycles. The topological polar surface area (TPSA) is 9.86 Å². The third-order valence-corrected chi connectivity index (χ3v) is 10.7. The highest BCUT2D eigenvalue weighted by molar-refractivity contribution is 6.13. The van der Waals surface area contributed by atoms with Crippen LogP contribution >= 0.6 is 0 Å². The van der Waals surface area contributed by atoms with E-state index in [4.69, 9.17) is 0 Å². The van der Waals surface area contributed by atoms with Crippen LogP contribution in [0.15, 0.2) is 170 Å². The number of aromatic nitrogens is 2. The molecular weight excluding hydrogens is 605 g/mol. The van der Waals surface area contributed by atoms with Crippen LogP contribution in [0.2, 0.25) is 0 Å². The Labute approximate surface area is 292 Å². The van der Waals surface area contributed by atoms with Gasteiger partial charge in [0, 0.05) is 32.9 Å². The van der Waals surface area contributed by atoms with Crippen molar-refractivity contribution >= 4 is 54.9 Å². The van der Waals surface area contributed by atoms with Gasteiger partial charge in [0.2, 0.25) is 0 Å². The van der Waals surface area contributed by atoms with Crippen molar-refractivity contribution in [3.63, 3.8) is 0 Å². The van der Waals surface area contributed by atoms with E-state index in [0.29, 0.717) is 0 Å². The molecule has 2 heteroatoms. The SMILES string of the molecule is C1=CCCC(c2ccc(-c3ccc4c(c3)c3cc(-c5ccc6c(c5)c5ccccc5n6C5=CC=CCC5)ccc3n4-c3ccccc3)cc2)=C1. The molecule has 0 atom stereocenters. The quantitative estimate of drug-likeness (QED) is 0.177. The van der Waals surface area contributed by atoms with Crippen molar-refractivity contribution in [3.8, 4) is 27.9 Å². The third-order valence-electron chi connectivity index (χ3n) is 10.7. The molecule has 0 amide bonds. The Morgan fingerprint density at radius 1 is 0.380 bits per heavy atom. The molecule has 10 rings (SSSR count). The molecule has 0 bridgehead atoms. The molecule has 0 saturated heterocycles. The molecular formula is C48H36N2. The molecule has 0 fully saturated rings. The van der Waals surface area contributed by atoms with Gasteiger partial charge in [-0.1, -0.05) is 109 Å². The molecule has 50 heavy (non-hydrogen) atoms. The van der Waals surface area contributed by atoms with E-state index in [1.807, 2.05) is 0 Å². The lowest BCUT2D eigenvalue weighted by Crippen LogP contribution is -1.98. The van der Waals surface area contributed by atoms with E-state index in [0.717, 1.165) is 25.7 Å². The fourth-order valence-electron chi connectivity index (χ4n) is 8.20. The Kier molecular flexibility index (Phi) is 6.80. The molecule has 2 aliphatic carbocycles. The number of benzene rings is 6. The largest absolute Gasteiger partial charge is 0.313 e. The van der Waals surface area contributed by atoms with Gasteiger partial charge in [-0.25, -0.2) is 0 Å². The monoisotopic (exact) mass is 640 g/mol. The first kappa shape index (κ1) is 28.9. The van der Waals surface area contributed by atoms with Crippen molar-refractivity contribution in [2.24, 2.45) is 0 Å². The molecule has 0 aliphatic heterocycles. The van der Waals surface area contributed by atoms with Crippen LogP contribution in [0.1, 0.15) is 31.2 Å². The maximum atomic E-state index is 2.46. The van der Waals surface area contributed by atoms with Gasteiger partial charge in [0.1, 0.15) is 0 Å². The van der Waals surface area contributed by atoms with Crippen LogP contribution in [0.25, 0.3) is 82.8 Å². The number of fused-ring (bicyclic) bond motifs is 6. The third kappa shape index (κ3) is 4.71. The van der Waals surface area contributed by atoms with Crippen LogP contribution in [0.5, 0.6) is 0 Å². The van der Waals surface area contributed by atoms with Crippen molar-refractivity contribution in [1.29, 1.82) is 0 Å². The summed E-state index contributed by atoms with van der Waals surface area (Å²) in [4.78, 5) is 0. The van der Waals surface area contributed by atoms with E-state index < -0.39 is 0 Å². The Balaban J connectivity index is 1.14. The predicted octanol–water partition coefficient (Wildman–Crippen LogP) is 13.1. The Bertz CT molecular complexity index is 2730. The van der Waals surface area contributed by atoms with E-state index in [1.54, 1.807) is 0 Å². The van der Waals surface area contributed by atoms with E-state index in [-0.39, 0.29) is 0 Å². The number of hydrogen-bond acceptors (Lipinski definition) is 0. The number of para-hydroxylation sites is 2. The molecule has 2 nitrogen and oxygen atoms in total. The highest BCUT2D eigenvalue weighted by Crippen LogP contribution is 2.40. The Morgan fingerprint density at radius 3 is 1.54 bits per heavy atom. The molecule has 238 valence electrons. The zero-order valence-electron chi connectivity index (χ0n) is 27.9. The first-order valence-corrected chi connectivity index (χ1v) is 17.8. The standard InChI is InChI=1S/C48H36N2/c1-4-12-33(13-5-1)34-20-22-35(23-21-34)36-24-27-47-43(30-36)44-32-38(26-29-48(44)50(47)40-16-8-3-9-17-40)37-25-28-46-42(31-37)41-18-10-11-19-45(41)49(46)39-14-6-2-7-15-39/h1-4,6,8-12,14,16-32H,5,7,13,15H2. The number of hydrogen-bond donors (Lipinski definition) is 0. The van der Waals surface area contributed by atoms with E-state index in [2.05, 4.69) is 179 Å². The van der Waals surface area contributed by atoms with Gasteiger partial charge in [-0.05, 0) is 120 Å². The molecule has 8 aromatic rings. The van der Waals surface area contributed by atoms with Crippen molar-refractivity contribution in [2.45, 2.75) is 25.7 Å². The van der Waals surface area contributed by atoms with Gasteiger partial charge in [0.15, 0.2) is 0 Å². The average molecular weight is 641 g/mol. The predicted molar refractivity (Wildman–Crippen MR) is 214 cm³/mol. The van der Waals surface area contributed by atoms with Gasteiger partial charge < -0.3 is 9.13 Å². The van der Waals surface area contributed by atoms with Crippen molar-refractivity contribution < 1.29 is 0 Å². The minimum atomic E-state index is 1.05. The molecule has 2 aliphatic rings. The number of rotatable bonds is 5. The van der Waals surface area contributed by atoms with Gasteiger partial charge >= 0.3 is 0 Å². The van der Waals surface area contributed by atoms with Crippen LogP contribution in [0.4, 0.5) is 0 Å². The summed E-state index contributed by atoms with van der Waals surface area (Å²) in [6.45, 7) is 0. The van der Waals surface area contributed by atoms with E-state index in [1.165, 1.54) is 88.4 Å². The fourth-order valence-corrected chi connectivity index (χ4v) is 8.20. The number of nitrogens with zero attached hydrogens (tertiary/aromatic N) is 2. The summed E-state index contributed by atoms with van der Waals surface area (Å²) in [5.74, 6) is 0. The summed E-state index contributed by atoms with van der Waals surface area (Å²) in [7, 11) is 0. The molecule has 0 spiro atoms. The summed E-state index contributed by atoms with van der Waals surface area (Å²) in [6.07, 6.45) is 17.8. The lowest BCUT2D eigenvalue weighted by Gasteiger charge is -2.14. The first-order valence-electron chi connectivity index (χ1n) is 17.8. The lowest BCUT2D eigenvalue weighted by atomic mass is 9.95. The molecule has 0 unspecified atom stereocenters. The summed E-state index contributed by atoms with van der Waals surface area (Å²) in [5, 5.41) is 5.13. The van der Waals surface area contributed by atoms with Crippen LogP contribution in [-0.4, -0.2) is 9.13 Å². The second-order valence-electron chi connectivity index (χ2n) is 13.6. The Morgan fingerprint density at radius 2 is 0.900 bits per heavy atom. The average Bonchev–Trinajstić information content (AvgIpc) is 3.71. The maximum Gasteiger partial charge on any atom is 0.0541 e. The van der Waals surface area contributed by atoms with Crippen molar-refractivity contribution in [1.82, 2.24) is 9.13 Å². The van der Waals surface area contributed by atoms with Gasteiger partial charge in [-0.3, -0.25) is 0 Å². The van der Waals surface area contributed by atoms with Gasteiger partial charge in [-0.2, -0.15) is 0 Å². The fraction of sp³-hybridized carbons (Fsp3) is 0.0833. The lowest BCUT2D eigenvalue weighted by molar-refractivity contribution is 0.979. The number of allylic oxidation sites excluding steroid dienone is 8. The summed E-state index contributed by atoms with van der Waals surface area (Å²) >= 11 is 0. The van der Waals surface area contributed by atoms with E-state index >= 15 is 0 Å². The minimum absolute atomic E-state index is 1.05. The van der Waals surface area contributed by atoms with Gasteiger partial charge in [0.25, 0.3) is 0 Å². The summed E-state index contributed by atoms with van der Waals surface area (Å²) < 4.78 is 4.87. The Hall–Kier alpha value is -6.12. The molecule has 0 radical (unpaired) electrons. The van der Waals surface area contributed by atoms with Gasteiger partial charge in [0.05, 0.1) is 22.1 Å². The summed E-state index contributed by atoms with van der Waals surface area (Å²) in [6, 6.07) is 49.7. The van der Waals surface area contributed by atoms with Crippen molar-refractivity contribution in [3.05, 3.63) is 175 Å². The van der Waals surface area contributed by atoms with Crippen LogP contribution in [0.3, 0.4) is 0 Å². The summed E-state index contributed by atoms with van der Waals surface area (Å²) in [5.41, 5.74) is 15.2. The van der Waals surface area contributed by atoms with E-state index in [9.17, 15) is 0 Å². The van der Waals surface area contributed by atoms with Crippen LogP contribution in [0, 0.1) is 0 Å². The molecule has 0 N–H and O–H groups in total. The highest BCUT2D eigenvalue weighted by Gasteiger charge is 2.17. The maximum absolute atomic E-state index is 2.46. The van der Waals surface area contributed by atoms with Crippen LogP contribution in [-0.2, 0) is 0 Å².